The van der Waals surface area contributed by atoms with Crippen molar-refractivity contribution in [2.45, 2.75) is 26.7 Å². The Kier molecular flexibility index (Phi) is 3.76. The highest BCUT2D eigenvalue weighted by molar-refractivity contribution is 6.18. The van der Waals surface area contributed by atoms with Gasteiger partial charge in [0.2, 0.25) is 0 Å². The van der Waals surface area contributed by atoms with Gasteiger partial charge in [-0.05, 0) is 11.8 Å². The third kappa shape index (κ3) is 2.97. The molecule has 82 valence electrons. The lowest BCUT2D eigenvalue weighted by molar-refractivity contribution is -0.117. The van der Waals surface area contributed by atoms with Crippen molar-refractivity contribution in [2.75, 3.05) is 12.4 Å². The number of alkyl halides is 1. The normalized spacial score (nSPS) is 20.0. The van der Waals surface area contributed by atoms with E-state index in [1.165, 1.54) is 0 Å². The van der Waals surface area contributed by atoms with Crippen LogP contribution in [0.25, 0.3) is 0 Å². The standard InChI is InChI=1S/C11H15ClN2O/c1-11(2)5-9(14-4-3-12)8(7-13)10(15)6-11/h14H,3-6H2,1-2H3. The van der Waals surface area contributed by atoms with Crippen LogP contribution in [0.2, 0.25) is 0 Å². The molecule has 0 heterocycles. The highest BCUT2D eigenvalue weighted by Gasteiger charge is 2.32. The number of nitrogens with one attached hydrogen (secondary N) is 1. The summed E-state index contributed by atoms with van der Waals surface area (Å²) in [6.45, 7) is 4.65. The smallest absolute Gasteiger partial charge is 0.175 e. The van der Waals surface area contributed by atoms with E-state index in [9.17, 15) is 4.79 Å². The number of halogens is 1. The maximum atomic E-state index is 11.7. The van der Waals surface area contributed by atoms with E-state index in [4.69, 9.17) is 16.9 Å². The van der Waals surface area contributed by atoms with E-state index in [0.717, 1.165) is 12.1 Å². The molecular formula is C11H15ClN2O. The van der Waals surface area contributed by atoms with Gasteiger partial charge in [0.1, 0.15) is 11.6 Å². The quantitative estimate of drug-likeness (QED) is 0.749. The molecule has 0 aromatic rings. The van der Waals surface area contributed by atoms with E-state index < -0.39 is 0 Å². The SMILES string of the molecule is CC1(C)CC(=O)C(C#N)=C(NCCCl)C1. The van der Waals surface area contributed by atoms with E-state index >= 15 is 0 Å². The lowest BCUT2D eigenvalue weighted by atomic mass is 9.76. The van der Waals surface area contributed by atoms with Crippen molar-refractivity contribution in [1.29, 1.82) is 5.26 Å². The summed E-state index contributed by atoms with van der Waals surface area (Å²) in [6, 6.07) is 1.97. The first-order chi connectivity index (χ1) is 7.00. The van der Waals surface area contributed by atoms with Crippen LogP contribution in [0, 0.1) is 16.7 Å². The van der Waals surface area contributed by atoms with Gasteiger partial charge < -0.3 is 5.32 Å². The fraction of sp³-hybridized carbons (Fsp3) is 0.636. The maximum Gasteiger partial charge on any atom is 0.175 e. The molecule has 0 spiro atoms. The molecule has 0 amide bonds. The van der Waals surface area contributed by atoms with Crippen LogP contribution in [0.4, 0.5) is 0 Å². The third-order valence-electron chi connectivity index (χ3n) is 2.42. The molecule has 0 bridgehead atoms. The van der Waals surface area contributed by atoms with Crippen LogP contribution in [0.1, 0.15) is 26.7 Å². The molecule has 0 atom stereocenters. The summed E-state index contributed by atoms with van der Waals surface area (Å²) < 4.78 is 0. The number of nitriles is 1. The first-order valence-electron chi connectivity index (χ1n) is 4.96. The Morgan fingerprint density at radius 1 is 1.53 bits per heavy atom. The minimum atomic E-state index is -0.0641. The lowest BCUT2D eigenvalue weighted by Gasteiger charge is -2.30. The largest absolute Gasteiger partial charge is 0.386 e. The number of carbonyl (C=O) groups excluding carboxylic acids is 1. The van der Waals surface area contributed by atoms with E-state index in [1.807, 2.05) is 19.9 Å². The van der Waals surface area contributed by atoms with Gasteiger partial charge in [-0.1, -0.05) is 13.8 Å². The summed E-state index contributed by atoms with van der Waals surface area (Å²) >= 11 is 5.57. The Balaban J connectivity index is 2.93. The molecule has 0 saturated heterocycles. The molecule has 0 radical (unpaired) electrons. The van der Waals surface area contributed by atoms with Crippen molar-refractivity contribution in [3.05, 3.63) is 11.3 Å². The first kappa shape index (κ1) is 12.1. The van der Waals surface area contributed by atoms with Crippen molar-refractivity contribution in [1.82, 2.24) is 5.32 Å². The predicted molar refractivity (Wildman–Crippen MR) is 59.4 cm³/mol. The van der Waals surface area contributed by atoms with Crippen molar-refractivity contribution < 1.29 is 4.79 Å². The molecule has 0 unspecified atom stereocenters. The van der Waals surface area contributed by atoms with E-state index in [2.05, 4.69) is 5.32 Å². The summed E-state index contributed by atoms with van der Waals surface area (Å²) in [6.07, 6.45) is 1.18. The van der Waals surface area contributed by atoms with E-state index in [0.29, 0.717) is 18.8 Å². The number of rotatable bonds is 3. The van der Waals surface area contributed by atoms with Crippen LogP contribution in [-0.2, 0) is 4.79 Å². The highest BCUT2D eigenvalue weighted by Crippen LogP contribution is 2.35. The zero-order chi connectivity index (χ0) is 11.5. The van der Waals surface area contributed by atoms with Gasteiger partial charge in [-0.3, -0.25) is 4.79 Å². The van der Waals surface area contributed by atoms with E-state index in [-0.39, 0.29) is 16.8 Å². The molecule has 1 N–H and O–H groups in total. The van der Waals surface area contributed by atoms with Crippen LogP contribution in [-0.4, -0.2) is 18.2 Å². The average Bonchev–Trinajstić information content (AvgIpc) is 2.12. The van der Waals surface area contributed by atoms with Gasteiger partial charge >= 0.3 is 0 Å². The van der Waals surface area contributed by atoms with Crippen molar-refractivity contribution >= 4 is 17.4 Å². The molecule has 0 aliphatic heterocycles. The number of hydrogen-bond donors (Lipinski definition) is 1. The molecule has 15 heavy (non-hydrogen) atoms. The predicted octanol–water partition coefficient (Wildman–Crippen LogP) is 1.98. The molecular weight excluding hydrogens is 212 g/mol. The monoisotopic (exact) mass is 226 g/mol. The second kappa shape index (κ2) is 4.67. The van der Waals surface area contributed by atoms with Gasteiger partial charge in [-0.15, -0.1) is 11.6 Å². The number of carbonyl (C=O) groups is 1. The average molecular weight is 227 g/mol. The van der Waals surface area contributed by atoms with Crippen molar-refractivity contribution in [3.63, 3.8) is 0 Å². The number of allylic oxidation sites excluding steroid dienone is 2. The summed E-state index contributed by atoms with van der Waals surface area (Å²) in [5, 5.41) is 12.0. The Bertz CT molecular complexity index is 339. The molecule has 1 aliphatic rings. The van der Waals surface area contributed by atoms with Gasteiger partial charge in [0.25, 0.3) is 0 Å². The van der Waals surface area contributed by atoms with Gasteiger partial charge in [0, 0.05) is 24.5 Å². The van der Waals surface area contributed by atoms with Crippen molar-refractivity contribution in [2.24, 2.45) is 5.41 Å². The second-order valence-electron chi connectivity index (χ2n) is 4.52. The summed E-state index contributed by atoms with van der Waals surface area (Å²) in [5.74, 6) is 0.405. The van der Waals surface area contributed by atoms with E-state index in [1.54, 1.807) is 0 Å². The topological polar surface area (TPSA) is 52.9 Å². The molecule has 0 aromatic heterocycles. The van der Waals surface area contributed by atoms with Crippen LogP contribution >= 0.6 is 11.6 Å². The molecule has 4 heteroatoms. The number of hydrogen-bond acceptors (Lipinski definition) is 3. The summed E-state index contributed by atoms with van der Waals surface area (Å²) in [5.41, 5.74) is 0.963. The molecule has 1 rings (SSSR count). The molecule has 0 aromatic carbocycles. The van der Waals surface area contributed by atoms with Crippen LogP contribution in [0.3, 0.4) is 0 Å². The number of ketones is 1. The van der Waals surface area contributed by atoms with Gasteiger partial charge in [-0.2, -0.15) is 5.26 Å². The zero-order valence-electron chi connectivity index (χ0n) is 9.06. The summed E-state index contributed by atoms with van der Waals surface area (Å²) in [7, 11) is 0. The fourth-order valence-electron chi connectivity index (χ4n) is 1.80. The Morgan fingerprint density at radius 2 is 2.20 bits per heavy atom. The highest BCUT2D eigenvalue weighted by atomic mass is 35.5. The van der Waals surface area contributed by atoms with Crippen LogP contribution in [0.15, 0.2) is 11.3 Å². The molecule has 3 nitrogen and oxygen atoms in total. The first-order valence-corrected chi connectivity index (χ1v) is 5.50. The number of Topliss-reactive ketones (excluding diaryl/α,β-unsaturated/α-hetero) is 1. The van der Waals surface area contributed by atoms with Gasteiger partial charge in [0.05, 0.1) is 0 Å². The Morgan fingerprint density at radius 3 is 2.73 bits per heavy atom. The Hall–Kier alpha value is -1.01. The molecule has 0 saturated carbocycles. The van der Waals surface area contributed by atoms with Crippen LogP contribution in [0.5, 0.6) is 0 Å². The molecule has 1 aliphatic carbocycles. The van der Waals surface area contributed by atoms with Gasteiger partial charge in [-0.25, -0.2) is 0 Å². The van der Waals surface area contributed by atoms with Crippen LogP contribution < -0.4 is 5.32 Å². The third-order valence-corrected chi connectivity index (χ3v) is 2.61. The minimum Gasteiger partial charge on any atom is -0.386 e. The maximum absolute atomic E-state index is 11.7. The van der Waals surface area contributed by atoms with Gasteiger partial charge in [0.15, 0.2) is 5.78 Å². The van der Waals surface area contributed by atoms with Crippen molar-refractivity contribution in [3.8, 4) is 6.07 Å². The zero-order valence-corrected chi connectivity index (χ0v) is 9.82. The molecule has 0 fully saturated rings. The minimum absolute atomic E-state index is 0.0634. The Labute approximate surface area is 95.1 Å². The summed E-state index contributed by atoms with van der Waals surface area (Å²) in [4.78, 5) is 11.7. The lowest BCUT2D eigenvalue weighted by Crippen LogP contribution is -2.31. The second-order valence-corrected chi connectivity index (χ2v) is 4.90. The fourth-order valence-corrected chi connectivity index (χ4v) is 1.89. The number of nitrogens with zero attached hydrogens (tertiary/aromatic N) is 1.